The maximum absolute atomic E-state index is 6.30. The van der Waals surface area contributed by atoms with Crippen molar-refractivity contribution in [1.82, 2.24) is 5.32 Å². The molecular weight excluding hydrogens is 342 g/mol. The van der Waals surface area contributed by atoms with E-state index >= 15 is 0 Å². The van der Waals surface area contributed by atoms with Crippen LogP contribution in [0.4, 0.5) is 0 Å². The minimum absolute atomic E-state index is 0.818. The molecular formula is C15H15BrClNS. The number of rotatable bonds is 5. The van der Waals surface area contributed by atoms with Gasteiger partial charge in [0.25, 0.3) is 0 Å². The van der Waals surface area contributed by atoms with Gasteiger partial charge in [0.15, 0.2) is 0 Å². The lowest BCUT2D eigenvalue weighted by Crippen LogP contribution is -2.11. The fourth-order valence-corrected chi connectivity index (χ4v) is 3.07. The number of benzene rings is 2. The van der Waals surface area contributed by atoms with E-state index < -0.39 is 0 Å². The van der Waals surface area contributed by atoms with Gasteiger partial charge in [-0.15, -0.1) is 0 Å². The number of hydrogen-bond donors (Lipinski definition) is 1. The summed E-state index contributed by atoms with van der Waals surface area (Å²) in [6, 6.07) is 14.5. The Morgan fingerprint density at radius 3 is 2.42 bits per heavy atom. The molecule has 0 radical (unpaired) electrons. The first-order valence-electron chi connectivity index (χ1n) is 6.11. The molecule has 1 nitrogen and oxygen atoms in total. The lowest BCUT2D eigenvalue weighted by atomic mass is 10.2. The van der Waals surface area contributed by atoms with Gasteiger partial charge in [0.1, 0.15) is 0 Å². The summed E-state index contributed by atoms with van der Waals surface area (Å²) in [5, 5.41) is 4.11. The highest BCUT2D eigenvalue weighted by Crippen LogP contribution is 2.31. The Morgan fingerprint density at radius 2 is 1.79 bits per heavy atom. The second-order valence-electron chi connectivity index (χ2n) is 4.09. The molecule has 1 N–H and O–H groups in total. The summed E-state index contributed by atoms with van der Waals surface area (Å²) in [6.07, 6.45) is 0. The van der Waals surface area contributed by atoms with Gasteiger partial charge >= 0.3 is 0 Å². The standard InChI is InChI=1S/C15H15BrClNS/c1-2-18-10-11-3-6-14(9-15(11)17)19-13-7-4-12(16)5-8-13/h3-9,18H,2,10H2,1H3. The maximum Gasteiger partial charge on any atom is 0.0462 e. The van der Waals surface area contributed by atoms with Crippen molar-refractivity contribution in [2.75, 3.05) is 6.54 Å². The van der Waals surface area contributed by atoms with Crippen molar-refractivity contribution in [3.63, 3.8) is 0 Å². The molecule has 100 valence electrons. The Balaban J connectivity index is 2.09. The van der Waals surface area contributed by atoms with E-state index in [2.05, 4.69) is 52.4 Å². The van der Waals surface area contributed by atoms with E-state index in [4.69, 9.17) is 11.6 Å². The quantitative estimate of drug-likeness (QED) is 0.773. The third-order valence-corrected chi connectivity index (χ3v) is 4.52. The Hall–Kier alpha value is -0.480. The van der Waals surface area contributed by atoms with Crippen LogP contribution in [0.2, 0.25) is 5.02 Å². The predicted octanol–water partition coefficient (Wildman–Crippen LogP) is 5.36. The predicted molar refractivity (Wildman–Crippen MR) is 87.1 cm³/mol. The molecule has 0 heterocycles. The van der Waals surface area contributed by atoms with E-state index in [1.165, 1.54) is 4.90 Å². The monoisotopic (exact) mass is 355 g/mol. The molecule has 0 saturated carbocycles. The molecule has 0 amide bonds. The summed E-state index contributed by atoms with van der Waals surface area (Å²) < 4.78 is 1.09. The zero-order valence-electron chi connectivity index (χ0n) is 10.6. The molecule has 0 aliphatic heterocycles. The molecule has 0 saturated heterocycles. The van der Waals surface area contributed by atoms with Crippen LogP contribution < -0.4 is 5.32 Å². The van der Waals surface area contributed by atoms with Crippen LogP contribution in [0.25, 0.3) is 0 Å². The number of hydrogen-bond acceptors (Lipinski definition) is 2. The third kappa shape index (κ3) is 4.53. The van der Waals surface area contributed by atoms with Crippen LogP contribution in [-0.4, -0.2) is 6.54 Å². The van der Waals surface area contributed by atoms with Crippen LogP contribution in [0.5, 0.6) is 0 Å². The fraction of sp³-hybridized carbons (Fsp3) is 0.200. The number of halogens is 2. The Labute approximate surface area is 131 Å². The molecule has 2 aromatic carbocycles. The summed E-state index contributed by atoms with van der Waals surface area (Å²) >= 11 is 11.5. The van der Waals surface area contributed by atoms with E-state index in [1.54, 1.807) is 11.8 Å². The van der Waals surface area contributed by atoms with Gasteiger partial charge in [0, 0.05) is 25.8 Å². The maximum atomic E-state index is 6.30. The van der Waals surface area contributed by atoms with Gasteiger partial charge in [0.2, 0.25) is 0 Å². The van der Waals surface area contributed by atoms with Gasteiger partial charge < -0.3 is 5.32 Å². The molecule has 0 atom stereocenters. The van der Waals surface area contributed by atoms with Crippen LogP contribution in [0, 0.1) is 0 Å². The molecule has 0 aromatic heterocycles. The average Bonchev–Trinajstić information content (AvgIpc) is 2.41. The van der Waals surface area contributed by atoms with Crippen molar-refractivity contribution in [2.24, 2.45) is 0 Å². The summed E-state index contributed by atoms with van der Waals surface area (Å²) in [5.41, 5.74) is 1.14. The largest absolute Gasteiger partial charge is 0.313 e. The zero-order valence-corrected chi connectivity index (χ0v) is 13.8. The molecule has 0 aliphatic rings. The van der Waals surface area contributed by atoms with E-state index in [-0.39, 0.29) is 0 Å². The van der Waals surface area contributed by atoms with Crippen LogP contribution >= 0.6 is 39.3 Å². The highest BCUT2D eigenvalue weighted by atomic mass is 79.9. The molecule has 2 aromatic rings. The first kappa shape index (κ1) is 14.9. The zero-order chi connectivity index (χ0) is 13.7. The lowest BCUT2D eigenvalue weighted by molar-refractivity contribution is 0.726. The van der Waals surface area contributed by atoms with Crippen LogP contribution in [-0.2, 0) is 6.54 Å². The van der Waals surface area contributed by atoms with Gasteiger partial charge in [-0.05, 0) is 48.5 Å². The molecule has 0 aliphatic carbocycles. The first-order chi connectivity index (χ1) is 9.19. The second-order valence-corrected chi connectivity index (χ2v) is 6.56. The van der Waals surface area contributed by atoms with Crippen molar-refractivity contribution < 1.29 is 0 Å². The Bertz CT molecular complexity index is 542. The molecule has 2 rings (SSSR count). The summed E-state index contributed by atoms with van der Waals surface area (Å²) in [7, 11) is 0. The molecule has 19 heavy (non-hydrogen) atoms. The van der Waals surface area contributed by atoms with Gasteiger partial charge in [0.05, 0.1) is 0 Å². The SMILES string of the molecule is CCNCc1ccc(Sc2ccc(Br)cc2)cc1Cl. The molecule has 0 unspecified atom stereocenters. The van der Waals surface area contributed by atoms with Crippen molar-refractivity contribution in [2.45, 2.75) is 23.3 Å². The highest BCUT2D eigenvalue weighted by molar-refractivity contribution is 9.10. The third-order valence-electron chi connectivity index (χ3n) is 2.64. The normalized spacial score (nSPS) is 10.7. The molecule has 0 spiro atoms. The average molecular weight is 357 g/mol. The fourth-order valence-electron chi connectivity index (χ4n) is 1.63. The van der Waals surface area contributed by atoms with E-state index in [0.717, 1.165) is 33.0 Å². The van der Waals surface area contributed by atoms with Crippen molar-refractivity contribution in [3.05, 3.63) is 57.5 Å². The molecule has 0 bridgehead atoms. The first-order valence-corrected chi connectivity index (χ1v) is 8.10. The summed E-state index contributed by atoms with van der Waals surface area (Å²) in [4.78, 5) is 2.37. The van der Waals surface area contributed by atoms with Crippen LogP contribution in [0.1, 0.15) is 12.5 Å². The molecule has 0 fully saturated rings. The van der Waals surface area contributed by atoms with Gasteiger partial charge in [-0.2, -0.15) is 0 Å². The summed E-state index contributed by atoms with van der Waals surface area (Å²) in [5.74, 6) is 0. The lowest BCUT2D eigenvalue weighted by Gasteiger charge is -2.07. The van der Waals surface area contributed by atoms with Crippen molar-refractivity contribution in [3.8, 4) is 0 Å². The minimum atomic E-state index is 0.818. The van der Waals surface area contributed by atoms with E-state index in [9.17, 15) is 0 Å². The van der Waals surface area contributed by atoms with Crippen LogP contribution in [0.3, 0.4) is 0 Å². The Kier molecular flexibility index (Phi) is 5.76. The van der Waals surface area contributed by atoms with Gasteiger partial charge in [-0.1, -0.05) is 52.3 Å². The molecule has 4 heteroatoms. The van der Waals surface area contributed by atoms with Crippen molar-refractivity contribution >= 4 is 39.3 Å². The topological polar surface area (TPSA) is 12.0 Å². The van der Waals surface area contributed by atoms with E-state index in [0.29, 0.717) is 0 Å². The second kappa shape index (κ2) is 7.34. The van der Waals surface area contributed by atoms with E-state index in [1.807, 2.05) is 18.2 Å². The smallest absolute Gasteiger partial charge is 0.0462 e. The Morgan fingerprint density at radius 1 is 1.11 bits per heavy atom. The van der Waals surface area contributed by atoms with Gasteiger partial charge in [-0.25, -0.2) is 0 Å². The summed E-state index contributed by atoms with van der Waals surface area (Å²) in [6.45, 7) is 3.86. The number of nitrogens with one attached hydrogen (secondary N) is 1. The van der Waals surface area contributed by atoms with Crippen molar-refractivity contribution in [1.29, 1.82) is 0 Å². The minimum Gasteiger partial charge on any atom is -0.313 e. The van der Waals surface area contributed by atoms with Crippen LogP contribution in [0.15, 0.2) is 56.7 Å². The highest BCUT2D eigenvalue weighted by Gasteiger charge is 2.03. The van der Waals surface area contributed by atoms with Gasteiger partial charge in [-0.3, -0.25) is 0 Å².